The molecule has 0 atom stereocenters. The summed E-state index contributed by atoms with van der Waals surface area (Å²) in [5.74, 6) is -2.53. The predicted molar refractivity (Wildman–Crippen MR) is 33.0 cm³/mol. The number of phenolic OH excluding ortho intramolecular Hbond substituents is 1. The average Bonchev–Trinajstić information content (AvgIpc) is 1.82. The normalized spacial score (nSPS) is 9.90. The van der Waals surface area contributed by atoms with Crippen LogP contribution in [0.2, 0.25) is 5.02 Å². The van der Waals surface area contributed by atoms with E-state index >= 15 is 0 Å². The smallest absolute Gasteiger partial charge is 0.183 e. The maximum absolute atomic E-state index is 12.4. The molecule has 54 valence electrons. The first-order valence-corrected chi connectivity index (χ1v) is 2.82. The molecule has 0 heterocycles. The van der Waals surface area contributed by atoms with E-state index in [-0.39, 0.29) is 0 Å². The monoisotopic (exact) mass is 164 g/mol. The molecule has 0 aliphatic rings. The minimum atomic E-state index is -0.997. The Kier molecular flexibility index (Phi) is 1.76. The maximum Gasteiger partial charge on any atom is 0.183 e. The average molecular weight is 165 g/mol. The molecule has 0 saturated carbocycles. The maximum atomic E-state index is 12.4. The molecule has 0 radical (unpaired) electrons. The van der Waals surface area contributed by atoms with Gasteiger partial charge in [0.2, 0.25) is 0 Å². The quantitative estimate of drug-likeness (QED) is 0.584. The van der Waals surface area contributed by atoms with Crippen LogP contribution >= 0.6 is 11.6 Å². The molecule has 0 aliphatic carbocycles. The van der Waals surface area contributed by atoms with E-state index in [1.54, 1.807) is 0 Å². The molecule has 1 rings (SSSR count). The summed E-state index contributed by atoms with van der Waals surface area (Å²) in [6, 6.07) is 1.44. The first-order valence-electron chi connectivity index (χ1n) is 2.45. The Balaban J connectivity index is 3.31. The van der Waals surface area contributed by atoms with Gasteiger partial charge in [0.1, 0.15) is 5.82 Å². The molecular formula is C6H3ClF2O. The Morgan fingerprint density at radius 1 is 1.30 bits per heavy atom. The molecule has 1 aromatic carbocycles. The zero-order chi connectivity index (χ0) is 7.72. The number of benzene rings is 1. The van der Waals surface area contributed by atoms with Crippen LogP contribution in [0.4, 0.5) is 8.78 Å². The predicted octanol–water partition coefficient (Wildman–Crippen LogP) is 2.32. The van der Waals surface area contributed by atoms with Crippen molar-refractivity contribution in [2.45, 2.75) is 0 Å². The van der Waals surface area contributed by atoms with Crippen molar-refractivity contribution >= 4 is 11.6 Å². The van der Waals surface area contributed by atoms with Crippen LogP contribution in [0.5, 0.6) is 5.75 Å². The van der Waals surface area contributed by atoms with E-state index in [9.17, 15) is 8.78 Å². The lowest BCUT2D eigenvalue weighted by molar-refractivity contribution is 0.427. The number of aromatic hydroxyl groups is 1. The van der Waals surface area contributed by atoms with Crippen LogP contribution in [0.15, 0.2) is 12.1 Å². The van der Waals surface area contributed by atoms with E-state index < -0.39 is 22.4 Å². The van der Waals surface area contributed by atoms with Crippen LogP contribution in [0, 0.1) is 11.6 Å². The summed E-state index contributed by atoms with van der Waals surface area (Å²) in [6.07, 6.45) is 0. The molecule has 0 saturated heterocycles. The fourth-order valence-corrected chi connectivity index (χ4v) is 0.743. The van der Waals surface area contributed by atoms with Crippen molar-refractivity contribution in [3.05, 3.63) is 28.8 Å². The van der Waals surface area contributed by atoms with E-state index in [2.05, 4.69) is 0 Å². The topological polar surface area (TPSA) is 20.2 Å². The molecular weight excluding hydrogens is 162 g/mol. The van der Waals surface area contributed by atoms with Crippen LogP contribution in [0.25, 0.3) is 0 Å². The summed E-state index contributed by atoms with van der Waals surface area (Å²) in [5, 5.41) is 8.16. The van der Waals surface area contributed by atoms with Gasteiger partial charge in [0.15, 0.2) is 11.6 Å². The first-order chi connectivity index (χ1) is 4.61. The van der Waals surface area contributed by atoms with Crippen molar-refractivity contribution in [2.24, 2.45) is 0 Å². The van der Waals surface area contributed by atoms with Gasteiger partial charge in [-0.25, -0.2) is 8.78 Å². The second-order valence-electron chi connectivity index (χ2n) is 1.72. The summed E-state index contributed by atoms with van der Waals surface area (Å²) < 4.78 is 24.6. The van der Waals surface area contributed by atoms with Gasteiger partial charge in [0, 0.05) is 6.07 Å². The summed E-state index contributed by atoms with van der Waals surface area (Å²) in [5.41, 5.74) is 0. The molecule has 0 aliphatic heterocycles. The van der Waals surface area contributed by atoms with Gasteiger partial charge in [-0.3, -0.25) is 0 Å². The molecule has 0 aromatic heterocycles. The van der Waals surface area contributed by atoms with Crippen LogP contribution in [0.3, 0.4) is 0 Å². The Labute approximate surface area is 60.9 Å². The number of rotatable bonds is 0. The highest BCUT2D eigenvalue weighted by Gasteiger charge is 2.06. The zero-order valence-corrected chi connectivity index (χ0v) is 5.49. The molecule has 0 fully saturated rings. The van der Waals surface area contributed by atoms with Crippen LogP contribution in [-0.2, 0) is 0 Å². The molecule has 1 nitrogen and oxygen atoms in total. The molecule has 10 heavy (non-hydrogen) atoms. The van der Waals surface area contributed by atoms with Crippen molar-refractivity contribution in [2.75, 3.05) is 0 Å². The third-order valence-corrected chi connectivity index (χ3v) is 1.25. The molecule has 1 aromatic rings. The van der Waals surface area contributed by atoms with Gasteiger partial charge in [-0.05, 0) is 6.07 Å². The second-order valence-corrected chi connectivity index (χ2v) is 2.13. The fraction of sp³-hybridized carbons (Fsp3) is 0. The van der Waals surface area contributed by atoms with Gasteiger partial charge in [0.25, 0.3) is 0 Å². The zero-order valence-electron chi connectivity index (χ0n) is 4.74. The van der Waals surface area contributed by atoms with E-state index in [1.165, 1.54) is 0 Å². The molecule has 0 amide bonds. The number of hydrogen-bond donors (Lipinski definition) is 1. The lowest BCUT2D eigenvalue weighted by Gasteiger charge is -1.96. The standard InChI is InChI=1S/C6H3ClF2O/c7-4-1-3(8)2-5(10)6(4)9/h1-2,10H. The molecule has 0 unspecified atom stereocenters. The molecule has 0 spiro atoms. The van der Waals surface area contributed by atoms with Crippen LogP contribution < -0.4 is 0 Å². The van der Waals surface area contributed by atoms with Crippen molar-refractivity contribution in [1.29, 1.82) is 0 Å². The van der Waals surface area contributed by atoms with Crippen molar-refractivity contribution in [3.8, 4) is 5.75 Å². The fourth-order valence-electron chi connectivity index (χ4n) is 0.542. The molecule has 0 bridgehead atoms. The van der Waals surface area contributed by atoms with Crippen molar-refractivity contribution in [3.63, 3.8) is 0 Å². The van der Waals surface area contributed by atoms with Gasteiger partial charge in [-0.15, -0.1) is 0 Å². The Morgan fingerprint density at radius 3 is 2.40 bits per heavy atom. The van der Waals surface area contributed by atoms with Crippen molar-refractivity contribution < 1.29 is 13.9 Å². The van der Waals surface area contributed by atoms with E-state index in [0.29, 0.717) is 6.07 Å². The third-order valence-electron chi connectivity index (χ3n) is 0.974. The lowest BCUT2D eigenvalue weighted by Crippen LogP contribution is -1.80. The van der Waals surface area contributed by atoms with Crippen molar-refractivity contribution in [1.82, 2.24) is 0 Å². The minimum absolute atomic E-state index is 0.419. The van der Waals surface area contributed by atoms with Gasteiger partial charge >= 0.3 is 0 Å². The van der Waals surface area contributed by atoms with Gasteiger partial charge in [-0.1, -0.05) is 11.6 Å². The lowest BCUT2D eigenvalue weighted by atomic mass is 10.3. The highest BCUT2D eigenvalue weighted by Crippen LogP contribution is 2.24. The van der Waals surface area contributed by atoms with Crippen LogP contribution in [-0.4, -0.2) is 5.11 Å². The van der Waals surface area contributed by atoms with E-state index in [1.807, 2.05) is 0 Å². The molecule has 1 N–H and O–H groups in total. The minimum Gasteiger partial charge on any atom is -0.505 e. The Bertz CT molecular complexity index is 239. The number of halogens is 3. The summed E-state index contributed by atoms with van der Waals surface area (Å²) in [4.78, 5) is 0. The Hall–Kier alpha value is -0.830. The van der Waals surface area contributed by atoms with E-state index in [4.69, 9.17) is 16.7 Å². The second kappa shape index (κ2) is 2.42. The highest BCUT2D eigenvalue weighted by molar-refractivity contribution is 6.30. The summed E-state index contributed by atoms with van der Waals surface area (Å²) in [6.45, 7) is 0. The summed E-state index contributed by atoms with van der Waals surface area (Å²) >= 11 is 5.14. The number of phenols is 1. The number of hydrogen-bond acceptors (Lipinski definition) is 1. The van der Waals surface area contributed by atoms with Crippen LogP contribution in [0.1, 0.15) is 0 Å². The third kappa shape index (κ3) is 1.19. The first kappa shape index (κ1) is 7.28. The molecule has 4 heteroatoms. The van der Waals surface area contributed by atoms with Gasteiger partial charge < -0.3 is 5.11 Å². The Morgan fingerprint density at radius 2 is 1.90 bits per heavy atom. The van der Waals surface area contributed by atoms with E-state index in [0.717, 1.165) is 6.07 Å². The SMILES string of the molecule is Oc1cc(F)cc(Cl)c1F. The van der Waals surface area contributed by atoms with Gasteiger partial charge in [0.05, 0.1) is 5.02 Å². The summed E-state index contributed by atoms with van der Waals surface area (Å²) in [7, 11) is 0. The largest absolute Gasteiger partial charge is 0.505 e. The van der Waals surface area contributed by atoms with Gasteiger partial charge in [-0.2, -0.15) is 0 Å². The highest BCUT2D eigenvalue weighted by atomic mass is 35.5.